The highest BCUT2D eigenvalue weighted by molar-refractivity contribution is 6.74. The average molecular weight is 787 g/mol. The Morgan fingerprint density at radius 1 is 0.807 bits per heavy atom. The molecule has 0 spiro atoms. The first-order valence-corrected chi connectivity index (χ1v) is 21.9. The number of nitrogens with zero attached hydrogens (tertiary/aromatic N) is 4. The number of hydrogen-bond acceptors (Lipinski definition) is 10. The van der Waals surface area contributed by atoms with E-state index in [0.29, 0.717) is 16.7 Å². The zero-order chi connectivity index (χ0) is 40.4. The second-order valence-electron chi connectivity index (χ2n) is 15.7. The van der Waals surface area contributed by atoms with E-state index in [1.165, 1.54) is 6.33 Å². The number of anilines is 1. The Balaban J connectivity index is 1.28. The summed E-state index contributed by atoms with van der Waals surface area (Å²) >= 11 is 0. The number of nitrogens with one attached hydrogen (secondary N) is 1. The van der Waals surface area contributed by atoms with Crippen LogP contribution in [0.2, 0.25) is 18.1 Å². The topological polar surface area (TPSA) is 145 Å². The van der Waals surface area contributed by atoms with Crippen LogP contribution in [0.25, 0.3) is 11.2 Å². The Kier molecular flexibility index (Phi) is 11.3. The van der Waals surface area contributed by atoms with E-state index in [1.807, 2.05) is 77.4 Å². The Morgan fingerprint density at radius 3 is 1.93 bits per heavy atom. The lowest BCUT2D eigenvalue weighted by Gasteiger charge is -2.40. The molecule has 7 rings (SSSR count). The van der Waals surface area contributed by atoms with Gasteiger partial charge in [-0.25, -0.2) is 15.0 Å². The summed E-state index contributed by atoms with van der Waals surface area (Å²) in [5.74, 6) is 1.42. The number of hydrogen-bond donors (Lipinski definition) is 2. The van der Waals surface area contributed by atoms with Crippen molar-refractivity contribution in [1.29, 1.82) is 0 Å². The van der Waals surface area contributed by atoms with E-state index < -0.39 is 38.4 Å². The molecule has 4 atom stereocenters. The van der Waals surface area contributed by atoms with E-state index in [9.17, 15) is 4.79 Å². The van der Waals surface area contributed by atoms with Gasteiger partial charge in [-0.1, -0.05) is 93.6 Å². The highest BCUT2D eigenvalue weighted by Gasteiger charge is 2.51. The number of aromatic nitrogens is 4. The van der Waals surface area contributed by atoms with Crippen molar-refractivity contribution in [1.82, 2.24) is 19.5 Å². The average Bonchev–Trinajstić information content (AvgIpc) is 3.79. The Hall–Kier alpha value is -5.44. The third kappa shape index (κ3) is 7.81. The van der Waals surface area contributed by atoms with Crippen LogP contribution in [-0.2, 0) is 19.5 Å². The number of methoxy groups -OCH3 is 2. The van der Waals surface area contributed by atoms with Crippen LogP contribution >= 0.6 is 0 Å². The molecule has 1 fully saturated rings. The smallest absolute Gasteiger partial charge is 0.256 e. The molecule has 6 aromatic rings. The molecular weight excluding hydrogens is 737 g/mol. The Bertz CT molecular complexity index is 2230. The third-order valence-corrected chi connectivity index (χ3v) is 15.7. The summed E-state index contributed by atoms with van der Waals surface area (Å²) in [5.41, 5.74) is 10.2. The van der Waals surface area contributed by atoms with E-state index in [2.05, 4.69) is 66.3 Å². The summed E-state index contributed by atoms with van der Waals surface area (Å²) in [6.45, 7) is 11.1. The maximum absolute atomic E-state index is 13.1. The van der Waals surface area contributed by atoms with Crippen molar-refractivity contribution in [2.24, 2.45) is 5.73 Å². The number of carbonyl (C=O) groups excluding carboxylic acids is 1. The minimum absolute atomic E-state index is 0.0992. The monoisotopic (exact) mass is 786 g/mol. The zero-order valence-electron chi connectivity index (χ0n) is 33.4. The number of carbonyl (C=O) groups is 1. The first kappa shape index (κ1) is 39.8. The van der Waals surface area contributed by atoms with Crippen LogP contribution in [0.4, 0.5) is 5.82 Å². The largest absolute Gasteiger partial charge is 0.497 e. The minimum atomic E-state index is -2.42. The summed E-state index contributed by atoms with van der Waals surface area (Å²) in [6.07, 6.45) is 1.10. The number of benzene rings is 4. The number of nitrogens with two attached hydrogens (primary N) is 1. The lowest BCUT2D eigenvalue weighted by atomic mass is 9.80. The summed E-state index contributed by atoms with van der Waals surface area (Å²) in [5, 5.41) is 2.78. The fourth-order valence-electron chi connectivity index (χ4n) is 6.96. The molecule has 1 aliphatic rings. The van der Waals surface area contributed by atoms with Gasteiger partial charge in [0.05, 0.1) is 33.2 Å². The first-order chi connectivity index (χ1) is 27.4. The van der Waals surface area contributed by atoms with Crippen LogP contribution in [0, 0.1) is 0 Å². The van der Waals surface area contributed by atoms with Crippen LogP contribution in [0.1, 0.15) is 54.0 Å². The molecule has 4 aromatic carbocycles. The molecule has 13 heteroatoms. The molecule has 3 N–H and O–H groups in total. The highest BCUT2D eigenvalue weighted by Crippen LogP contribution is 2.45. The van der Waals surface area contributed by atoms with Gasteiger partial charge in [0.1, 0.15) is 35.6 Å². The Labute approximate surface area is 334 Å². The molecule has 2 aromatic heterocycles. The molecular formula is C44H50N6O6Si. The van der Waals surface area contributed by atoms with Crippen LogP contribution in [-0.4, -0.2) is 72.8 Å². The molecule has 296 valence electrons. The zero-order valence-corrected chi connectivity index (χ0v) is 34.4. The van der Waals surface area contributed by atoms with Crippen LogP contribution in [0.3, 0.4) is 0 Å². The number of rotatable bonds is 13. The van der Waals surface area contributed by atoms with Crippen LogP contribution in [0.5, 0.6) is 11.5 Å². The van der Waals surface area contributed by atoms with Crippen molar-refractivity contribution in [3.8, 4) is 11.5 Å². The van der Waals surface area contributed by atoms with Gasteiger partial charge in [-0.3, -0.25) is 9.36 Å². The van der Waals surface area contributed by atoms with Gasteiger partial charge in [0, 0.05) is 5.56 Å². The van der Waals surface area contributed by atoms with Gasteiger partial charge in [-0.2, -0.15) is 0 Å². The summed E-state index contributed by atoms with van der Waals surface area (Å²) in [7, 11) is 0.877. The normalized spacial score (nSPS) is 18.7. The molecule has 57 heavy (non-hydrogen) atoms. The molecule has 0 saturated carbocycles. The SMILES string of the molecule is COc1ccc(C(OC[C@H]2O[C@@H](n3cnc4c(NC(=O)c5ccccc5)ncnc43)[C@@H](O[Si](C)(C)C(C)(C)C)C2N)(c2ccccc2)c2ccc(OC)cc2)cc1. The van der Waals surface area contributed by atoms with Crippen molar-refractivity contribution in [2.75, 3.05) is 26.1 Å². The standard InChI is InChI=1S/C44H50N6O6Si/c1-43(2,3)57(6,7)56-38-36(45)35(55-42(38)50-28-48-37-39(46-27-47-40(37)50)49-41(51)29-14-10-8-11-15-29)26-54-44(30-16-12-9-13-17-30,31-18-22-33(52-4)23-19-31)32-20-24-34(53-5)25-21-32/h8-25,27-28,35-36,38,42H,26,45H2,1-7H3,(H,46,47,49,51)/t35-,36?,38+,42-/m1/s1. The molecule has 12 nitrogen and oxygen atoms in total. The van der Waals surface area contributed by atoms with Gasteiger partial charge >= 0.3 is 0 Å². The molecule has 1 amide bonds. The molecule has 1 saturated heterocycles. The van der Waals surface area contributed by atoms with Crippen molar-refractivity contribution >= 4 is 31.2 Å². The van der Waals surface area contributed by atoms with Gasteiger partial charge in [0.2, 0.25) is 0 Å². The summed E-state index contributed by atoms with van der Waals surface area (Å²) in [6, 6.07) is 34.2. The second-order valence-corrected chi connectivity index (χ2v) is 20.4. The maximum atomic E-state index is 13.1. The molecule has 1 unspecified atom stereocenters. The number of amides is 1. The predicted octanol–water partition coefficient (Wildman–Crippen LogP) is 7.72. The van der Waals surface area contributed by atoms with E-state index in [-0.39, 0.29) is 23.4 Å². The van der Waals surface area contributed by atoms with Crippen molar-refractivity contribution in [2.45, 2.75) is 69.0 Å². The van der Waals surface area contributed by atoms with Crippen molar-refractivity contribution in [3.63, 3.8) is 0 Å². The number of fused-ring (bicyclic) bond motifs is 1. The second kappa shape index (κ2) is 16.2. The molecule has 0 radical (unpaired) electrons. The molecule has 0 aliphatic carbocycles. The predicted molar refractivity (Wildman–Crippen MR) is 222 cm³/mol. The number of imidazole rings is 1. The van der Waals surface area contributed by atoms with E-state index in [1.54, 1.807) is 44.8 Å². The lowest BCUT2D eigenvalue weighted by Crippen LogP contribution is -2.51. The highest BCUT2D eigenvalue weighted by atomic mass is 28.4. The quantitative estimate of drug-likeness (QED) is 0.0882. The minimum Gasteiger partial charge on any atom is -0.497 e. The first-order valence-electron chi connectivity index (χ1n) is 19.0. The molecule has 1 aliphatic heterocycles. The fraction of sp³-hybridized carbons (Fsp3) is 0.318. The van der Waals surface area contributed by atoms with Crippen molar-refractivity contribution in [3.05, 3.63) is 144 Å². The van der Waals surface area contributed by atoms with Gasteiger partial charge in [0.15, 0.2) is 31.5 Å². The van der Waals surface area contributed by atoms with Gasteiger partial charge in [-0.15, -0.1) is 0 Å². The third-order valence-electron chi connectivity index (χ3n) is 11.2. The van der Waals surface area contributed by atoms with Gasteiger partial charge < -0.3 is 34.4 Å². The van der Waals surface area contributed by atoms with Crippen molar-refractivity contribution < 1.29 is 28.2 Å². The molecule has 3 heterocycles. The summed E-state index contributed by atoms with van der Waals surface area (Å²) in [4.78, 5) is 26.8. The van der Waals surface area contributed by atoms with Gasteiger partial charge in [-0.05, 0) is 71.2 Å². The summed E-state index contributed by atoms with van der Waals surface area (Å²) < 4.78 is 34.2. The van der Waals surface area contributed by atoms with Crippen LogP contribution in [0.15, 0.2) is 122 Å². The van der Waals surface area contributed by atoms with E-state index in [4.69, 9.17) is 29.1 Å². The molecule has 0 bridgehead atoms. The lowest BCUT2D eigenvalue weighted by molar-refractivity contribution is -0.0851. The van der Waals surface area contributed by atoms with E-state index >= 15 is 0 Å². The van der Waals surface area contributed by atoms with E-state index in [0.717, 1.165) is 28.2 Å². The fourth-order valence-corrected chi connectivity index (χ4v) is 8.26. The van der Waals surface area contributed by atoms with Gasteiger partial charge in [0.25, 0.3) is 5.91 Å². The maximum Gasteiger partial charge on any atom is 0.256 e. The van der Waals surface area contributed by atoms with Crippen LogP contribution < -0.4 is 20.5 Å². The number of ether oxygens (including phenoxy) is 4. The Morgan fingerprint density at radius 2 is 1.37 bits per heavy atom.